The summed E-state index contributed by atoms with van der Waals surface area (Å²) in [4.78, 5) is 12.1. The molecule has 3 unspecified atom stereocenters. The van der Waals surface area contributed by atoms with E-state index in [1.54, 1.807) is 0 Å². The zero-order valence-corrected chi connectivity index (χ0v) is 16.0. The minimum Gasteiger partial charge on any atom is -0.481 e. The molecule has 3 rings (SSSR count). The van der Waals surface area contributed by atoms with E-state index in [0.717, 1.165) is 18.9 Å². The van der Waals surface area contributed by atoms with Gasteiger partial charge in [0.1, 0.15) is 18.0 Å². The van der Waals surface area contributed by atoms with Crippen LogP contribution in [0.2, 0.25) is 0 Å². The van der Waals surface area contributed by atoms with E-state index >= 15 is 0 Å². The molecule has 0 aliphatic carbocycles. The number of carbonyl (C=O) groups excluding carboxylic acids is 1. The van der Waals surface area contributed by atoms with Gasteiger partial charge in [-0.1, -0.05) is 13.8 Å². The molecule has 1 aromatic carbocycles. The van der Waals surface area contributed by atoms with Crippen LogP contribution in [0.15, 0.2) is 18.2 Å². The molecule has 0 aromatic heterocycles. The zero-order chi connectivity index (χ0) is 19.8. The van der Waals surface area contributed by atoms with Crippen LogP contribution in [0.1, 0.15) is 43.5 Å². The molecule has 2 saturated heterocycles. The summed E-state index contributed by atoms with van der Waals surface area (Å²) >= 11 is 0. The quantitative estimate of drug-likeness (QED) is 0.553. The van der Waals surface area contributed by atoms with Crippen molar-refractivity contribution in [1.29, 1.82) is 0 Å². The predicted octanol–water partition coefficient (Wildman–Crippen LogP) is 2.60. The Kier molecular flexibility index (Phi) is 5.47. The molecule has 0 radical (unpaired) electrons. The van der Waals surface area contributed by atoms with Gasteiger partial charge in [-0.05, 0) is 37.0 Å². The normalized spacial score (nSPS) is 27.1. The number of benzene rings is 1. The molecule has 2 heterocycles. The smallest absolute Gasteiger partial charge is 0.338 e. The number of esters is 1. The van der Waals surface area contributed by atoms with E-state index in [9.17, 15) is 17.6 Å². The fourth-order valence-corrected chi connectivity index (χ4v) is 4.07. The summed E-state index contributed by atoms with van der Waals surface area (Å²) in [5, 5.41) is 0. The predicted molar refractivity (Wildman–Crippen MR) is 93.8 cm³/mol. The number of fused-ring (bicyclic) bond motifs is 2. The van der Waals surface area contributed by atoms with E-state index in [4.69, 9.17) is 18.8 Å². The molecule has 2 aliphatic rings. The van der Waals surface area contributed by atoms with Crippen molar-refractivity contribution in [3.05, 3.63) is 29.6 Å². The highest BCUT2D eigenvalue weighted by atomic mass is 32.2. The molecule has 9 heteroatoms. The molecule has 2 bridgehead atoms. The Hall–Kier alpha value is -1.71. The number of hydrogen-bond acceptors (Lipinski definition) is 6. The standard InChI is InChI=1S/C18H23FO7S/c1-11(2)18(10-13-4-6-16(18)25-13)26-15-9-12(3-5-14(15)19)17(20)24-7-8-27(21,22)23/h3,5,9,11,13,16H,4,6-8,10H2,1-2H3,(H,21,22,23). The van der Waals surface area contributed by atoms with Crippen molar-refractivity contribution in [2.75, 3.05) is 12.4 Å². The Bertz CT molecular complexity index is 823. The van der Waals surface area contributed by atoms with E-state index in [1.165, 1.54) is 12.1 Å². The largest absolute Gasteiger partial charge is 0.481 e. The highest BCUT2D eigenvalue weighted by Gasteiger charge is 2.56. The molecule has 27 heavy (non-hydrogen) atoms. The fraction of sp³-hybridized carbons (Fsp3) is 0.611. The molecular formula is C18H23FO7S. The lowest BCUT2D eigenvalue weighted by molar-refractivity contribution is -0.0429. The Morgan fingerprint density at radius 2 is 2.15 bits per heavy atom. The van der Waals surface area contributed by atoms with Crippen molar-refractivity contribution in [3.8, 4) is 5.75 Å². The minimum atomic E-state index is -4.23. The maximum Gasteiger partial charge on any atom is 0.338 e. The minimum absolute atomic E-state index is 0.0321. The number of rotatable bonds is 7. The van der Waals surface area contributed by atoms with Crippen LogP contribution in [0.4, 0.5) is 4.39 Å². The van der Waals surface area contributed by atoms with Crippen LogP contribution in [0.25, 0.3) is 0 Å². The molecule has 2 fully saturated rings. The molecule has 150 valence electrons. The SMILES string of the molecule is CC(C)C1(Oc2cc(C(=O)OCCS(=O)(=O)O)ccc2F)CC2CCC1O2. The lowest BCUT2D eigenvalue weighted by Gasteiger charge is -2.39. The third kappa shape index (κ3) is 4.25. The van der Waals surface area contributed by atoms with Crippen molar-refractivity contribution in [2.24, 2.45) is 5.92 Å². The summed E-state index contributed by atoms with van der Waals surface area (Å²) in [6.45, 7) is 3.49. The first kappa shape index (κ1) is 20.0. The van der Waals surface area contributed by atoms with Gasteiger partial charge in [0.2, 0.25) is 0 Å². The van der Waals surface area contributed by atoms with Crippen LogP contribution in [0.3, 0.4) is 0 Å². The maximum absolute atomic E-state index is 14.3. The van der Waals surface area contributed by atoms with Crippen LogP contribution >= 0.6 is 0 Å². The second-order valence-electron chi connectivity index (χ2n) is 7.31. The highest BCUT2D eigenvalue weighted by molar-refractivity contribution is 7.85. The van der Waals surface area contributed by atoms with Crippen molar-refractivity contribution < 1.29 is 36.4 Å². The van der Waals surface area contributed by atoms with Gasteiger partial charge in [0, 0.05) is 6.42 Å². The number of carbonyl (C=O) groups is 1. The molecule has 2 aliphatic heterocycles. The van der Waals surface area contributed by atoms with E-state index in [1.807, 2.05) is 13.8 Å². The summed E-state index contributed by atoms with van der Waals surface area (Å²) < 4.78 is 61.2. The van der Waals surface area contributed by atoms with Crippen LogP contribution in [0, 0.1) is 11.7 Å². The lowest BCUT2D eigenvalue weighted by atomic mass is 9.77. The Balaban J connectivity index is 1.76. The summed E-state index contributed by atoms with van der Waals surface area (Å²) in [5.74, 6) is -2.12. The number of hydrogen-bond donors (Lipinski definition) is 1. The van der Waals surface area contributed by atoms with Gasteiger partial charge < -0.3 is 14.2 Å². The topological polar surface area (TPSA) is 99.1 Å². The Morgan fingerprint density at radius 3 is 2.70 bits per heavy atom. The Labute approximate surface area is 157 Å². The van der Waals surface area contributed by atoms with Gasteiger partial charge in [-0.25, -0.2) is 9.18 Å². The van der Waals surface area contributed by atoms with Gasteiger partial charge in [0.15, 0.2) is 11.6 Å². The molecular weight excluding hydrogens is 379 g/mol. The molecule has 7 nitrogen and oxygen atoms in total. The summed E-state index contributed by atoms with van der Waals surface area (Å²) in [6.07, 6.45) is 2.46. The van der Waals surface area contributed by atoms with Gasteiger partial charge in [0.05, 0.1) is 17.8 Å². The van der Waals surface area contributed by atoms with Crippen molar-refractivity contribution >= 4 is 16.1 Å². The summed E-state index contributed by atoms with van der Waals surface area (Å²) in [6, 6.07) is 3.59. The average molecular weight is 402 g/mol. The second-order valence-corrected chi connectivity index (χ2v) is 8.88. The monoisotopic (exact) mass is 402 g/mol. The van der Waals surface area contributed by atoms with Crippen molar-refractivity contribution in [2.45, 2.75) is 50.9 Å². The molecule has 0 spiro atoms. The fourth-order valence-electron chi connectivity index (χ4n) is 3.77. The lowest BCUT2D eigenvalue weighted by Crippen LogP contribution is -2.50. The first-order chi connectivity index (χ1) is 12.6. The average Bonchev–Trinajstić information content (AvgIpc) is 3.17. The van der Waals surface area contributed by atoms with Gasteiger partial charge in [-0.2, -0.15) is 8.42 Å². The third-order valence-corrected chi connectivity index (χ3v) is 5.90. The van der Waals surface area contributed by atoms with Crippen molar-refractivity contribution in [3.63, 3.8) is 0 Å². The number of halogens is 1. The summed E-state index contributed by atoms with van der Waals surface area (Å²) in [5.41, 5.74) is -0.623. The third-order valence-electron chi connectivity index (χ3n) is 5.22. The van der Waals surface area contributed by atoms with Gasteiger partial charge in [-0.15, -0.1) is 0 Å². The Morgan fingerprint density at radius 1 is 1.41 bits per heavy atom. The highest BCUT2D eigenvalue weighted by Crippen LogP contribution is 2.48. The summed E-state index contributed by atoms with van der Waals surface area (Å²) in [7, 11) is -4.23. The molecule has 1 N–H and O–H groups in total. The number of ether oxygens (including phenoxy) is 3. The molecule has 1 aromatic rings. The molecule has 0 amide bonds. The van der Waals surface area contributed by atoms with Gasteiger partial charge in [-0.3, -0.25) is 4.55 Å². The first-order valence-electron chi connectivity index (χ1n) is 8.87. The van der Waals surface area contributed by atoms with Crippen LogP contribution < -0.4 is 4.74 Å². The van der Waals surface area contributed by atoms with Gasteiger partial charge >= 0.3 is 5.97 Å². The zero-order valence-electron chi connectivity index (χ0n) is 15.2. The van der Waals surface area contributed by atoms with E-state index < -0.39 is 39.9 Å². The van der Waals surface area contributed by atoms with Crippen LogP contribution in [-0.2, 0) is 19.6 Å². The van der Waals surface area contributed by atoms with Crippen molar-refractivity contribution in [1.82, 2.24) is 0 Å². The first-order valence-corrected chi connectivity index (χ1v) is 10.5. The van der Waals surface area contributed by atoms with Crippen LogP contribution in [0.5, 0.6) is 5.75 Å². The molecule has 0 saturated carbocycles. The second kappa shape index (κ2) is 7.37. The van der Waals surface area contributed by atoms with E-state index in [2.05, 4.69) is 0 Å². The molecule has 3 atom stereocenters. The van der Waals surface area contributed by atoms with E-state index in [0.29, 0.717) is 6.42 Å². The van der Waals surface area contributed by atoms with E-state index in [-0.39, 0.29) is 29.4 Å². The van der Waals surface area contributed by atoms with Gasteiger partial charge in [0.25, 0.3) is 10.1 Å². The van der Waals surface area contributed by atoms with Crippen LogP contribution in [-0.4, -0.2) is 49.1 Å². The maximum atomic E-state index is 14.3.